The zero-order valence-electron chi connectivity index (χ0n) is 17.2. The predicted octanol–water partition coefficient (Wildman–Crippen LogP) is 4.37. The van der Waals surface area contributed by atoms with E-state index in [4.69, 9.17) is 20.7 Å². The Hall–Kier alpha value is -4.28. The fourth-order valence-electron chi connectivity index (χ4n) is 2.74. The molecule has 0 bridgehead atoms. The lowest BCUT2D eigenvalue weighted by molar-refractivity contribution is -0.192. The number of alkyl halides is 3. The summed E-state index contributed by atoms with van der Waals surface area (Å²) < 4.78 is 31.7. The van der Waals surface area contributed by atoms with Crippen LogP contribution in [0.2, 0.25) is 0 Å². The number of aromatic amines is 2. The Kier molecular flexibility index (Phi) is 7.84. The lowest BCUT2D eigenvalue weighted by Gasteiger charge is -2.06. The summed E-state index contributed by atoms with van der Waals surface area (Å²) in [6.07, 6.45) is -3.08. The second-order valence-corrected chi connectivity index (χ2v) is 6.66. The number of anilines is 1. The van der Waals surface area contributed by atoms with Crippen LogP contribution in [0, 0.1) is 0 Å². The summed E-state index contributed by atoms with van der Waals surface area (Å²) in [6, 6.07) is 15.7. The first-order valence-electron chi connectivity index (χ1n) is 9.45. The first-order chi connectivity index (χ1) is 15.4. The number of nitrogen functional groups attached to an aromatic ring is 1. The SMILES string of the molecule is CCC(=O)O.Nc1cccc(-c2ccc3[nH]c(=O)c4[nH]ccc4c3c2)c1.O=C(O)C(F)(F)F. The summed E-state index contributed by atoms with van der Waals surface area (Å²) in [6.45, 7) is 1.60. The van der Waals surface area contributed by atoms with E-state index in [1.54, 1.807) is 13.1 Å². The van der Waals surface area contributed by atoms with E-state index in [9.17, 15) is 22.8 Å². The van der Waals surface area contributed by atoms with Crippen LogP contribution in [-0.2, 0) is 9.59 Å². The summed E-state index contributed by atoms with van der Waals surface area (Å²) in [5.74, 6) is -3.50. The van der Waals surface area contributed by atoms with Crippen LogP contribution in [0.5, 0.6) is 0 Å². The van der Waals surface area contributed by atoms with Crippen molar-refractivity contribution in [1.29, 1.82) is 0 Å². The maximum Gasteiger partial charge on any atom is 0.490 e. The number of benzene rings is 2. The van der Waals surface area contributed by atoms with Gasteiger partial charge >= 0.3 is 18.1 Å². The van der Waals surface area contributed by atoms with Crippen LogP contribution >= 0.6 is 0 Å². The van der Waals surface area contributed by atoms with Gasteiger partial charge in [0.1, 0.15) is 5.52 Å². The monoisotopic (exact) mass is 463 g/mol. The van der Waals surface area contributed by atoms with Crippen LogP contribution in [-0.4, -0.2) is 38.3 Å². The Labute approximate surface area is 184 Å². The summed E-state index contributed by atoms with van der Waals surface area (Å²) in [4.78, 5) is 36.1. The van der Waals surface area contributed by atoms with E-state index < -0.39 is 18.1 Å². The maximum atomic E-state index is 12.0. The van der Waals surface area contributed by atoms with Crippen molar-refractivity contribution in [3.8, 4) is 11.1 Å². The van der Waals surface area contributed by atoms with Crippen LogP contribution < -0.4 is 11.3 Å². The number of fused-ring (bicyclic) bond motifs is 3. The summed E-state index contributed by atoms with van der Waals surface area (Å²) >= 11 is 0. The molecule has 0 spiro atoms. The molecule has 0 aliphatic carbocycles. The number of hydrogen-bond acceptors (Lipinski definition) is 4. The van der Waals surface area contributed by atoms with E-state index in [-0.39, 0.29) is 12.0 Å². The minimum absolute atomic E-state index is 0.0980. The molecular weight excluding hydrogens is 443 g/mol. The second kappa shape index (κ2) is 10.4. The molecule has 0 radical (unpaired) electrons. The molecule has 0 aliphatic heterocycles. The quantitative estimate of drug-likeness (QED) is 0.279. The van der Waals surface area contributed by atoms with Gasteiger partial charge in [0.05, 0.1) is 0 Å². The number of carboxylic acids is 2. The minimum atomic E-state index is -5.08. The third-order valence-electron chi connectivity index (χ3n) is 4.30. The van der Waals surface area contributed by atoms with E-state index in [1.807, 2.05) is 42.5 Å². The van der Waals surface area contributed by atoms with Gasteiger partial charge in [-0.25, -0.2) is 4.79 Å². The number of halogens is 3. The predicted molar refractivity (Wildman–Crippen MR) is 118 cm³/mol. The molecule has 8 nitrogen and oxygen atoms in total. The van der Waals surface area contributed by atoms with Gasteiger partial charge in [0.25, 0.3) is 5.56 Å². The Morgan fingerprint density at radius 1 is 1.00 bits per heavy atom. The highest BCUT2D eigenvalue weighted by molar-refractivity contribution is 6.05. The second-order valence-electron chi connectivity index (χ2n) is 6.66. The van der Waals surface area contributed by atoms with Gasteiger partial charge in [-0.3, -0.25) is 9.59 Å². The molecule has 2 aromatic heterocycles. The van der Waals surface area contributed by atoms with E-state index in [0.29, 0.717) is 5.52 Å². The van der Waals surface area contributed by atoms with Gasteiger partial charge in [-0.2, -0.15) is 13.2 Å². The van der Waals surface area contributed by atoms with Gasteiger partial charge in [0, 0.05) is 34.6 Å². The normalized spacial score (nSPS) is 10.7. The average Bonchev–Trinajstić information content (AvgIpc) is 3.25. The fraction of sp³-hybridized carbons (Fsp3) is 0.136. The Balaban J connectivity index is 0.000000269. The Morgan fingerprint density at radius 2 is 1.61 bits per heavy atom. The average molecular weight is 463 g/mol. The van der Waals surface area contributed by atoms with Crippen molar-refractivity contribution in [2.24, 2.45) is 0 Å². The van der Waals surface area contributed by atoms with Gasteiger partial charge in [-0.15, -0.1) is 0 Å². The van der Waals surface area contributed by atoms with Crippen LogP contribution in [0.15, 0.2) is 59.5 Å². The molecule has 0 saturated carbocycles. The molecule has 0 fully saturated rings. The number of H-pyrrole nitrogens is 2. The molecule has 0 aliphatic rings. The molecule has 4 aromatic rings. The van der Waals surface area contributed by atoms with E-state index >= 15 is 0 Å². The van der Waals surface area contributed by atoms with Gasteiger partial charge in [0.2, 0.25) is 0 Å². The third-order valence-corrected chi connectivity index (χ3v) is 4.30. The maximum absolute atomic E-state index is 12.0. The number of rotatable bonds is 2. The van der Waals surface area contributed by atoms with Crippen molar-refractivity contribution < 1.29 is 33.0 Å². The molecule has 2 aromatic carbocycles. The summed E-state index contributed by atoms with van der Waals surface area (Å²) in [5.41, 5.74) is 10.1. The van der Waals surface area contributed by atoms with E-state index in [2.05, 4.69) is 16.0 Å². The van der Waals surface area contributed by atoms with E-state index in [1.165, 1.54) is 0 Å². The Morgan fingerprint density at radius 3 is 2.15 bits per heavy atom. The van der Waals surface area contributed by atoms with Gasteiger partial charge in [-0.05, 0) is 41.5 Å². The number of nitrogens with one attached hydrogen (secondary N) is 2. The molecule has 33 heavy (non-hydrogen) atoms. The largest absolute Gasteiger partial charge is 0.490 e. The number of pyridine rings is 1. The smallest absolute Gasteiger partial charge is 0.481 e. The van der Waals surface area contributed by atoms with Gasteiger partial charge in [-0.1, -0.05) is 25.1 Å². The molecule has 0 amide bonds. The molecule has 0 unspecified atom stereocenters. The van der Waals surface area contributed by atoms with E-state index in [0.717, 1.165) is 33.1 Å². The van der Waals surface area contributed by atoms with Crippen molar-refractivity contribution in [2.45, 2.75) is 19.5 Å². The highest BCUT2D eigenvalue weighted by Gasteiger charge is 2.38. The number of carboxylic acid groups (broad SMARTS) is 2. The number of aromatic nitrogens is 2. The minimum Gasteiger partial charge on any atom is -0.481 e. The highest BCUT2D eigenvalue weighted by Crippen LogP contribution is 2.28. The van der Waals surface area contributed by atoms with Crippen LogP contribution in [0.1, 0.15) is 13.3 Å². The first-order valence-corrected chi connectivity index (χ1v) is 9.45. The molecule has 4 rings (SSSR count). The lowest BCUT2D eigenvalue weighted by atomic mass is 10.0. The molecule has 11 heteroatoms. The topological polar surface area (TPSA) is 149 Å². The summed E-state index contributed by atoms with van der Waals surface area (Å²) in [7, 11) is 0. The van der Waals surface area contributed by atoms with Gasteiger partial charge < -0.3 is 25.9 Å². The Bertz CT molecular complexity index is 1340. The number of nitrogens with two attached hydrogens (primary N) is 1. The molecule has 0 atom stereocenters. The van der Waals surface area contributed by atoms with Gasteiger partial charge in [0.15, 0.2) is 0 Å². The van der Waals surface area contributed by atoms with Crippen molar-refractivity contribution in [2.75, 3.05) is 5.73 Å². The third kappa shape index (κ3) is 6.60. The number of aliphatic carboxylic acids is 2. The standard InChI is InChI=1S/C17H13N3O.C3H6O2.C2HF3O2/c18-12-3-1-2-10(8-12)11-4-5-15-14(9-11)13-6-7-19-16(13)17(21)20-15;1-2-3(4)5;3-2(4,5)1(6)7/h1-9,19H,18H2,(H,20,21);2H2,1H3,(H,4,5);(H,6,7). The zero-order valence-corrected chi connectivity index (χ0v) is 17.2. The highest BCUT2D eigenvalue weighted by atomic mass is 19.4. The summed E-state index contributed by atoms with van der Waals surface area (Å²) in [5, 5.41) is 16.8. The van der Waals surface area contributed by atoms with Crippen molar-refractivity contribution >= 4 is 39.4 Å². The van der Waals surface area contributed by atoms with Crippen molar-refractivity contribution in [1.82, 2.24) is 9.97 Å². The fourth-order valence-corrected chi connectivity index (χ4v) is 2.74. The molecule has 6 N–H and O–H groups in total. The molecule has 2 heterocycles. The molecule has 174 valence electrons. The van der Waals surface area contributed by atoms with Crippen LogP contribution in [0.25, 0.3) is 32.9 Å². The van der Waals surface area contributed by atoms with Crippen LogP contribution in [0.4, 0.5) is 18.9 Å². The van der Waals surface area contributed by atoms with Crippen molar-refractivity contribution in [3.63, 3.8) is 0 Å². The number of carbonyl (C=O) groups is 2. The van der Waals surface area contributed by atoms with Crippen LogP contribution in [0.3, 0.4) is 0 Å². The first kappa shape index (κ1) is 25.0. The number of hydrogen-bond donors (Lipinski definition) is 5. The van der Waals surface area contributed by atoms with Crippen molar-refractivity contribution in [3.05, 3.63) is 65.1 Å². The zero-order chi connectivity index (χ0) is 24.8. The molecule has 0 saturated heterocycles. The molecular formula is C22H20F3N3O5. The lowest BCUT2D eigenvalue weighted by Crippen LogP contribution is -2.21.